The molecule has 3 rings (SSSR count). The quantitative estimate of drug-likeness (QED) is 0.456. The molecule has 2 aromatic carbocycles. The van der Waals surface area contributed by atoms with Gasteiger partial charge in [0.05, 0.1) is 18.2 Å². The minimum atomic E-state index is -1.13. The summed E-state index contributed by atoms with van der Waals surface area (Å²) in [5, 5.41) is 0. The van der Waals surface area contributed by atoms with Gasteiger partial charge in [0.25, 0.3) is 11.8 Å². The number of carbonyl (C=O) groups excluding carboxylic acids is 4. The summed E-state index contributed by atoms with van der Waals surface area (Å²) in [6.45, 7) is 1.28. The largest absolute Gasteiger partial charge is 0.467 e. The molecule has 2 aromatic rings. The molecule has 1 aliphatic rings. The highest BCUT2D eigenvalue weighted by molar-refractivity contribution is 6.22. The number of esters is 2. The van der Waals surface area contributed by atoms with Crippen LogP contribution >= 0.6 is 0 Å². The van der Waals surface area contributed by atoms with Gasteiger partial charge in [-0.3, -0.25) is 19.3 Å². The molecule has 27 heavy (non-hydrogen) atoms. The van der Waals surface area contributed by atoms with Crippen molar-refractivity contribution in [1.29, 1.82) is 0 Å². The summed E-state index contributed by atoms with van der Waals surface area (Å²) in [5.41, 5.74) is 1.12. The van der Waals surface area contributed by atoms with Gasteiger partial charge in [0.15, 0.2) is 0 Å². The van der Waals surface area contributed by atoms with Crippen LogP contribution in [0, 0.1) is 0 Å². The molecule has 1 aliphatic heterocycles. The number of carbonyl (C=O) groups is 4. The maximum Gasteiger partial charge on any atom is 0.329 e. The fourth-order valence-corrected chi connectivity index (χ4v) is 3.03. The van der Waals surface area contributed by atoms with Crippen molar-refractivity contribution in [3.05, 3.63) is 65.2 Å². The molecule has 0 aliphatic carbocycles. The molecule has 138 valence electrons. The van der Waals surface area contributed by atoms with E-state index in [1.54, 1.807) is 48.5 Å². The number of amides is 2. The number of ether oxygens (including phenoxy) is 2. The SMILES string of the molecule is COC(=O)C(Cc1cccc(OC(C)=O)c1)N1C(=O)c2ccccc2C1=O. The van der Waals surface area contributed by atoms with Crippen molar-refractivity contribution in [2.45, 2.75) is 19.4 Å². The molecule has 1 atom stereocenters. The Morgan fingerprint density at radius 3 is 2.19 bits per heavy atom. The highest BCUT2D eigenvalue weighted by Gasteiger charge is 2.43. The van der Waals surface area contributed by atoms with E-state index in [1.807, 2.05) is 0 Å². The topological polar surface area (TPSA) is 90.0 Å². The fraction of sp³-hybridized carbons (Fsp3) is 0.200. The molecular weight excluding hydrogens is 350 g/mol. The van der Waals surface area contributed by atoms with E-state index in [1.165, 1.54) is 14.0 Å². The summed E-state index contributed by atoms with van der Waals surface area (Å²) in [5.74, 6) is -1.95. The third-order valence-corrected chi connectivity index (χ3v) is 4.20. The Kier molecular flexibility index (Phi) is 5.03. The maximum atomic E-state index is 12.7. The minimum absolute atomic E-state index is 0.0350. The smallest absolute Gasteiger partial charge is 0.329 e. The summed E-state index contributed by atoms with van der Waals surface area (Å²) >= 11 is 0. The normalized spacial score (nSPS) is 13.9. The van der Waals surface area contributed by atoms with Gasteiger partial charge in [0.2, 0.25) is 0 Å². The third kappa shape index (κ3) is 3.57. The minimum Gasteiger partial charge on any atom is -0.467 e. The van der Waals surface area contributed by atoms with Gasteiger partial charge in [-0.15, -0.1) is 0 Å². The lowest BCUT2D eigenvalue weighted by molar-refractivity contribution is -0.145. The summed E-state index contributed by atoms with van der Waals surface area (Å²) in [7, 11) is 1.20. The molecule has 0 aromatic heterocycles. The van der Waals surface area contributed by atoms with E-state index >= 15 is 0 Å². The van der Waals surface area contributed by atoms with Gasteiger partial charge >= 0.3 is 11.9 Å². The van der Waals surface area contributed by atoms with E-state index in [9.17, 15) is 19.2 Å². The zero-order valence-corrected chi connectivity index (χ0v) is 14.8. The Balaban J connectivity index is 1.92. The Morgan fingerprint density at radius 2 is 1.63 bits per heavy atom. The monoisotopic (exact) mass is 367 g/mol. The average Bonchev–Trinajstić information content (AvgIpc) is 2.90. The number of fused-ring (bicyclic) bond motifs is 1. The first kappa shape index (κ1) is 18.3. The van der Waals surface area contributed by atoms with E-state index in [-0.39, 0.29) is 17.5 Å². The number of benzene rings is 2. The van der Waals surface area contributed by atoms with Crippen LogP contribution < -0.4 is 4.74 Å². The Morgan fingerprint density at radius 1 is 1.00 bits per heavy atom. The molecular formula is C20H17NO6. The van der Waals surface area contributed by atoms with Gasteiger partial charge in [-0.05, 0) is 29.8 Å². The summed E-state index contributed by atoms with van der Waals surface area (Å²) in [6, 6.07) is 11.8. The van der Waals surface area contributed by atoms with Crippen LogP contribution in [-0.4, -0.2) is 41.8 Å². The second-order valence-corrected chi connectivity index (χ2v) is 6.01. The molecule has 0 radical (unpaired) electrons. The van der Waals surface area contributed by atoms with Crippen LogP contribution in [-0.2, 0) is 20.7 Å². The van der Waals surface area contributed by atoms with Crippen molar-refractivity contribution < 1.29 is 28.7 Å². The number of methoxy groups -OCH3 is 1. The van der Waals surface area contributed by atoms with Crippen LogP contribution in [0.15, 0.2) is 48.5 Å². The van der Waals surface area contributed by atoms with Gasteiger partial charge in [-0.25, -0.2) is 4.79 Å². The van der Waals surface area contributed by atoms with Gasteiger partial charge in [0.1, 0.15) is 11.8 Å². The van der Waals surface area contributed by atoms with Crippen LogP contribution in [0.5, 0.6) is 5.75 Å². The van der Waals surface area contributed by atoms with Crippen LogP contribution in [0.3, 0.4) is 0 Å². The molecule has 1 unspecified atom stereocenters. The number of imide groups is 1. The van der Waals surface area contributed by atoms with Crippen LogP contribution in [0.4, 0.5) is 0 Å². The van der Waals surface area contributed by atoms with Crippen molar-refractivity contribution in [2.75, 3.05) is 7.11 Å². The predicted molar refractivity (Wildman–Crippen MR) is 94.2 cm³/mol. The van der Waals surface area contributed by atoms with Crippen molar-refractivity contribution in [1.82, 2.24) is 4.90 Å². The van der Waals surface area contributed by atoms with Crippen LogP contribution in [0.25, 0.3) is 0 Å². The highest BCUT2D eigenvalue weighted by Crippen LogP contribution is 2.27. The second-order valence-electron chi connectivity index (χ2n) is 6.01. The Labute approximate surface area is 155 Å². The molecule has 1 heterocycles. The van der Waals surface area contributed by atoms with Gasteiger partial charge in [-0.2, -0.15) is 0 Å². The fourth-order valence-electron chi connectivity index (χ4n) is 3.03. The lowest BCUT2D eigenvalue weighted by atomic mass is 10.0. The number of hydrogen-bond donors (Lipinski definition) is 0. The van der Waals surface area contributed by atoms with E-state index in [2.05, 4.69) is 0 Å². The highest BCUT2D eigenvalue weighted by atomic mass is 16.5. The van der Waals surface area contributed by atoms with Gasteiger partial charge in [-0.1, -0.05) is 24.3 Å². The molecule has 7 heteroatoms. The molecule has 0 saturated heterocycles. The predicted octanol–water partition coefficient (Wildman–Crippen LogP) is 1.99. The lowest BCUT2D eigenvalue weighted by Gasteiger charge is -2.24. The molecule has 0 fully saturated rings. The molecule has 0 saturated carbocycles. The Hall–Kier alpha value is -3.48. The van der Waals surface area contributed by atoms with Gasteiger partial charge in [0, 0.05) is 13.3 Å². The third-order valence-electron chi connectivity index (χ3n) is 4.20. The molecule has 2 amide bonds. The maximum absolute atomic E-state index is 12.7. The van der Waals surface area contributed by atoms with E-state index in [0.29, 0.717) is 11.3 Å². The van der Waals surface area contributed by atoms with Gasteiger partial charge < -0.3 is 9.47 Å². The lowest BCUT2D eigenvalue weighted by Crippen LogP contribution is -2.46. The molecule has 0 spiro atoms. The summed E-state index contributed by atoms with van der Waals surface area (Å²) < 4.78 is 9.86. The molecule has 0 N–H and O–H groups in total. The number of nitrogens with zero attached hydrogens (tertiary/aromatic N) is 1. The van der Waals surface area contributed by atoms with Crippen LogP contribution in [0.1, 0.15) is 33.2 Å². The average molecular weight is 367 g/mol. The van der Waals surface area contributed by atoms with Crippen molar-refractivity contribution in [2.24, 2.45) is 0 Å². The van der Waals surface area contributed by atoms with Crippen molar-refractivity contribution >= 4 is 23.8 Å². The first-order chi connectivity index (χ1) is 12.9. The second kappa shape index (κ2) is 7.41. The zero-order chi connectivity index (χ0) is 19.6. The van der Waals surface area contributed by atoms with Crippen molar-refractivity contribution in [3.8, 4) is 5.75 Å². The first-order valence-electron chi connectivity index (χ1n) is 8.24. The van der Waals surface area contributed by atoms with Crippen LogP contribution in [0.2, 0.25) is 0 Å². The first-order valence-corrected chi connectivity index (χ1v) is 8.24. The Bertz CT molecular complexity index is 901. The number of rotatable bonds is 5. The molecule has 0 bridgehead atoms. The standard InChI is InChI=1S/C20H17NO6/c1-12(22)27-14-7-5-6-13(10-14)11-17(20(25)26-2)21-18(23)15-8-3-4-9-16(15)19(21)24/h3-10,17H,11H2,1-2H3. The van der Waals surface area contributed by atoms with E-state index in [4.69, 9.17) is 9.47 Å². The van der Waals surface area contributed by atoms with E-state index < -0.39 is 29.8 Å². The van der Waals surface area contributed by atoms with Crippen molar-refractivity contribution in [3.63, 3.8) is 0 Å². The zero-order valence-electron chi connectivity index (χ0n) is 14.8. The molecule has 7 nitrogen and oxygen atoms in total. The summed E-state index contributed by atoms with van der Waals surface area (Å²) in [4.78, 5) is 49.8. The van der Waals surface area contributed by atoms with E-state index in [0.717, 1.165) is 4.90 Å². The summed E-state index contributed by atoms with van der Waals surface area (Å²) in [6.07, 6.45) is 0.0350. The number of hydrogen-bond acceptors (Lipinski definition) is 6.